The van der Waals surface area contributed by atoms with Crippen LogP contribution in [0, 0.1) is 6.92 Å². The zero-order chi connectivity index (χ0) is 13.8. The molecule has 0 amide bonds. The number of benzene rings is 1. The lowest BCUT2D eigenvalue weighted by molar-refractivity contribution is 0.412. The SMILES string of the molecule is CCCc1nc(N)nc(-c2ccc(OC)c(C)c2)n1. The first-order valence-corrected chi connectivity index (χ1v) is 6.29. The average molecular weight is 258 g/mol. The van der Waals surface area contributed by atoms with Crippen molar-refractivity contribution in [3.05, 3.63) is 29.6 Å². The van der Waals surface area contributed by atoms with Crippen molar-refractivity contribution in [2.24, 2.45) is 0 Å². The van der Waals surface area contributed by atoms with Crippen molar-refractivity contribution in [2.45, 2.75) is 26.7 Å². The van der Waals surface area contributed by atoms with Crippen molar-refractivity contribution in [3.63, 3.8) is 0 Å². The second kappa shape index (κ2) is 5.65. The fourth-order valence-electron chi connectivity index (χ4n) is 1.92. The van der Waals surface area contributed by atoms with Crippen LogP contribution in [0.4, 0.5) is 5.95 Å². The Kier molecular flexibility index (Phi) is 3.94. The normalized spacial score (nSPS) is 10.5. The predicted molar refractivity (Wildman–Crippen MR) is 75.0 cm³/mol. The minimum absolute atomic E-state index is 0.266. The van der Waals surface area contributed by atoms with E-state index in [4.69, 9.17) is 10.5 Å². The second-order valence-corrected chi connectivity index (χ2v) is 4.37. The van der Waals surface area contributed by atoms with Crippen LogP contribution in [0.3, 0.4) is 0 Å². The van der Waals surface area contributed by atoms with Crippen LogP contribution in [0.25, 0.3) is 11.4 Å². The molecule has 0 radical (unpaired) electrons. The Balaban J connectivity index is 2.43. The molecule has 0 bridgehead atoms. The van der Waals surface area contributed by atoms with Gasteiger partial charge in [0.05, 0.1) is 7.11 Å². The first kappa shape index (κ1) is 13.3. The van der Waals surface area contributed by atoms with Gasteiger partial charge in [-0.15, -0.1) is 0 Å². The zero-order valence-electron chi connectivity index (χ0n) is 11.5. The van der Waals surface area contributed by atoms with E-state index in [-0.39, 0.29) is 5.95 Å². The molecule has 19 heavy (non-hydrogen) atoms. The van der Waals surface area contributed by atoms with Gasteiger partial charge in [-0.1, -0.05) is 6.92 Å². The Hall–Kier alpha value is -2.17. The lowest BCUT2D eigenvalue weighted by Crippen LogP contribution is -2.05. The van der Waals surface area contributed by atoms with Crippen molar-refractivity contribution in [3.8, 4) is 17.1 Å². The van der Waals surface area contributed by atoms with Gasteiger partial charge in [0.2, 0.25) is 5.95 Å². The van der Waals surface area contributed by atoms with Crippen LogP contribution in [0.5, 0.6) is 5.75 Å². The van der Waals surface area contributed by atoms with E-state index < -0.39 is 0 Å². The minimum atomic E-state index is 0.266. The third kappa shape index (κ3) is 2.99. The molecule has 0 spiro atoms. The van der Waals surface area contributed by atoms with Gasteiger partial charge >= 0.3 is 0 Å². The van der Waals surface area contributed by atoms with Crippen molar-refractivity contribution < 1.29 is 4.74 Å². The molecule has 0 atom stereocenters. The summed E-state index contributed by atoms with van der Waals surface area (Å²) in [6, 6.07) is 5.82. The quantitative estimate of drug-likeness (QED) is 0.911. The Morgan fingerprint density at radius 3 is 2.63 bits per heavy atom. The Morgan fingerprint density at radius 2 is 2.00 bits per heavy atom. The summed E-state index contributed by atoms with van der Waals surface area (Å²) in [6.07, 6.45) is 1.78. The van der Waals surface area contributed by atoms with E-state index in [0.717, 1.165) is 35.5 Å². The molecule has 2 aromatic rings. The maximum absolute atomic E-state index is 5.73. The highest BCUT2D eigenvalue weighted by Gasteiger charge is 2.08. The fourth-order valence-corrected chi connectivity index (χ4v) is 1.92. The highest BCUT2D eigenvalue weighted by atomic mass is 16.5. The van der Waals surface area contributed by atoms with E-state index in [1.165, 1.54) is 0 Å². The first-order chi connectivity index (χ1) is 9.13. The summed E-state index contributed by atoms with van der Waals surface area (Å²) < 4.78 is 5.24. The summed E-state index contributed by atoms with van der Waals surface area (Å²) in [5.74, 6) is 2.46. The van der Waals surface area contributed by atoms with E-state index >= 15 is 0 Å². The maximum Gasteiger partial charge on any atom is 0.223 e. The topological polar surface area (TPSA) is 73.9 Å². The highest BCUT2D eigenvalue weighted by Crippen LogP contribution is 2.24. The van der Waals surface area contributed by atoms with Gasteiger partial charge in [-0.05, 0) is 37.1 Å². The minimum Gasteiger partial charge on any atom is -0.496 e. The van der Waals surface area contributed by atoms with Crippen molar-refractivity contribution in [2.75, 3.05) is 12.8 Å². The van der Waals surface area contributed by atoms with Gasteiger partial charge in [0.15, 0.2) is 5.82 Å². The van der Waals surface area contributed by atoms with Gasteiger partial charge in [-0.2, -0.15) is 9.97 Å². The molecule has 100 valence electrons. The highest BCUT2D eigenvalue weighted by molar-refractivity contribution is 5.59. The Bertz CT molecular complexity index is 584. The maximum atomic E-state index is 5.73. The number of nitrogen functional groups attached to an aromatic ring is 1. The first-order valence-electron chi connectivity index (χ1n) is 6.29. The number of nitrogens with zero attached hydrogens (tertiary/aromatic N) is 3. The monoisotopic (exact) mass is 258 g/mol. The zero-order valence-corrected chi connectivity index (χ0v) is 11.5. The lowest BCUT2D eigenvalue weighted by atomic mass is 10.1. The predicted octanol–water partition coefficient (Wildman–Crippen LogP) is 2.39. The number of rotatable bonds is 4. The number of nitrogens with two attached hydrogens (primary N) is 1. The third-order valence-corrected chi connectivity index (χ3v) is 2.83. The molecule has 1 heterocycles. The largest absolute Gasteiger partial charge is 0.496 e. The van der Waals surface area contributed by atoms with Crippen LogP contribution in [-0.2, 0) is 6.42 Å². The molecule has 1 aromatic heterocycles. The van der Waals surface area contributed by atoms with Crippen LogP contribution in [0.15, 0.2) is 18.2 Å². The summed E-state index contributed by atoms with van der Waals surface area (Å²) in [6.45, 7) is 4.07. The number of methoxy groups -OCH3 is 1. The number of aromatic nitrogens is 3. The molecule has 2 rings (SSSR count). The molecular weight excluding hydrogens is 240 g/mol. The van der Waals surface area contributed by atoms with E-state index in [1.807, 2.05) is 25.1 Å². The summed E-state index contributed by atoms with van der Waals surface area (Å²) in [5.41, 5.74) is 7.69. The summed E-state index contributed by atoms with van der Waals surface area (Å²) in [7, 11) is 1.66. The van der Waals surface area contributed by atoms with Gasteiger partial charge in [0, 0.05) is 12.0 Å². The van der Waals surface area contributed by atoms with Gasteiger partial charge in [-0.3, -0.25) is 0 Å². The van der Waals surface area contributed by atoms with Crippen molar-refractivity contribution >= 4 is 5.95 Å². The van der Waals surface area contributed by atoms with Gasteiger partial charge in [-0.25, -0.2) is 4.98 Å². The number of aryl methyl sites for hydroxylation is 2. The molecule has 0 unspecified atom stereocenters. The Morgan fingerprint density at radius 1 is 1.21 bits per heavy atom. The molecule has 5 heteroatoms. The van der Waals surface area contributed by atoms with E-state index in [1.54, 1.807) is 7.11 Å². The summed E-state index contributed by atoms with van der Waals surface area (Å²) in [4.78, 5) is 12.8. The van der Waals surface area contributed by atoms with Gasteiger partial charge in [0.1, 0.15) is 11.6 Å². The van der Waals surface area contributed by atoms with Crippen LogP contribution in [0.2, 0.25) is 0 Å². The van der Waals surface area contributed by atoms with Crippen LogP contribution >= 0.6 is 0 Å². The van der Waals surface area contributed by atoms with Gasteiger partial charge < -0.3 is 10.5 Å². The van der Waals surface area contributed by atoms with E-state index in [9.17, 15) is 0 Å². The molecule has 0 saturated carbocycles. The number of ether oxygens (including phenoxy) is 1. The van der Waals surface area contributed by atoms with E-state index in [2.05, 4.69) is 21.9 Å². The summed E-state index contributed by atoms with van der Waals surface area (Å²) >= 11 is 0. The van der Waals surface area contributed by atoms with Crippen LogP contribution in [-0.4, -0.2) is 22.1 Å². The van der Waals surface area contributed by atoms with Gasteiger partial charge in [0.25, 0.3) is 0 Å². The molecule has 5 nitrogen and oxygen atoms in total. The van der Waals surface area contributed by atoms with Crippen molar-refractivity contribution in [1.29, 1.82) is 0 Å². The molecule has 0 saturated heterocycles. The second-order valence-electron chi connectivity index (χ2n) is 4.37. The standard InChI is InChI=1S/C14H18N4O/c1-4-5-12-16-13(18-14(15)17-12)10-6-7-11(19-3)9(2)8-10/h6-8H,4-5H2,1-3H3,(H2,15,16,17,18). The smallest absolute Gasteiger partial charge is 0.223 e. The van der Waals surface area contributed by atoms with Crippen LogP contribution in [0.1, 0.15) is 24.7 Å². The molecule has 2 N–H and O–H groups in total. The number of hydrogen-bond donors (Lipinski definition) is 1. The molecule has 0 aliphatic heterocycles. The fraction of sp³-hybridized carbons (Fsp3) is 0.357. The molecule has 1 aromatic carbocycles. The van der Waals surface area contributed by atoms with E-state index in [0.29, 0.717) is 5.82 Å². The lowest BCUT2D eigenvalue weighted by Gasteiger charge is -2.08. The van der Waals surface area contributed by atoms with Crippen LogP contribution < -0.4 is 10.5 Å². The third-order valence-electron chi connectivity index (χ3n) is 2.83. The molecular formula is C14H18N4O. The number of anilines is 1. The molecule has 0 aliphatic carbocycles. The summed E-state index contributed by atoms with van der Waals surface area (Å²) in [5, 5.41) is 0. The molecule has 0 fully saturated rings. The van der Waals surface area contributed by atoms with Crippen molar-refractivity contribution in [1.82, 2.24) is 15.0 Å². The Labute approximate surface area is 112 Å². The number of hydrogen-bond acceptors (Lipinski definition) is 5. The molecule has 0 aliphatic rings. The average Bonchev–Trinajstić information content (AvgIpc) is 2.38.